The summed E-state index contributed by atoms with van der Waals surface area (Å²) in [6, 6.07) is 5.73. The van der Waals surface area contributed by atoms with Gasteiger partial charge in [0.05, 0.1) is 17.7 Å². The summed E-state index contributed by atoms with van der Waals surface area (Å²) >= 11 is 0. The Labute approximate surface area is 168 Å². The first-order valence-corrected chi connectivity index (χ1v) is 10.0. The van der Waals surface area contributed by atoms with Crippen LogP contribution in [0.4, 0.5) is 11.6 Å². The number of carbonyl (C=O) groups is 3. The van der Waals surface area contributed by atoms with Crippen molar-refractivity contribution in [3.05, 3.63) is 35.7 Å². The monoisotopic (exact) mass is 396 g/mol. The van der Waals surface area contributed by atoms with Crippen molar-refractivity contribution in [3.8, 4) is 0 Å². The van der Waals surface area contributed by atoms with Crippen molar-refractivity contribution in [2.45, 2.75) is 51.0 Å². The second-order valence-corrected chi connectivity index (χ2v) is 7.61. The number of aryl methyl sites for hydroxylation is 1. The van der Waals surface area contributed by atoms with Gasteiger partial charge in [-0.05, 0) is 24.5 Å². The van der Waals surface area contributed by atoms with Crippen molar-refractivity contribution in [1.29, 1.82) is 0 Å². The molecule has 0 spiro atoms. The minimum Gasteiger partial charge on any atom is -0.340 e. The van der Waals surface area contributed by atoms with E-state index in [1.54, 1.807) is 24.3 Å². The van der Waals surface area contributed by atoms with Gasteiger partial charge in [0.25, 0.3) is 5.91 Å². The zero-order valence-corrected chi connectivity index (χ0v) is 16.0. The van der Waals surface area contributed by atoms with Gasteiger partial charge in [0.15, 0.2) is 0 Å². The van der Waals surface area contributed by atoms with Crippen molar-refractivity contribution in [1.82, 2.24) is 20.5 Å². The second-order valence-electron chi connectivity index (χ2n) is 7.61. The van der Waals surface area contributed by atoms with Gasteiger partial charge in [-0.25, -0.2) is 0 Å². The number of aromatic nitrogens is 3. The molecule has 1 aliphatic carbocycles. The SMILES string of the molecule is O=C(C[C@@H]1NC(=O)c2ccccc2NC1=O)Nc1n[nH]c(CCC2CCCC2)n1. The summed E-state index contributed by atoms with van der Waals surface area (Å²) in [7, 11) is 0. The van der Waals surface area contributed by atoms with Gasteiger partial charge < -0.3 is 10.6 Å². The van der Waals surface area contributed by atoms with Crippen LogP contribution in [0.3, 0.4) is 0 Å². The molecular weight excluding hydrogens is 372 g/mol. The van der Waals surface area contributed by atoms with Crippen molar-refractivity contribution >= 4 is 29.4 Å². The van der Waals surface area contributed by atoms with E-state index >= 15 is 0 Å². The highest BCUT2D eigenvalue weighted by Gasteiger charge is 2.29. The number of aromatic amines is 1. The lowest BCUT2D eigenvalue weighted by Gasteiger charge is -2.13. The Morgan fingerprint density at radius 1 is 1.17 bits per heavy atom. The largest absolute Gasteiger partial charge is 0.340 e. The standard InChI is InChI=1S/C20H24N6O3/c27-17(24-20-23-16(25-26-20)10-9-12-5-1-2-6-12)11-15-19(29)21-14-8-4-3-7-13(14)18(28)22-15/h3-4,7-8,12,15H,1-2,5-6,9-11H2,(H,21,29)(H,22,28)(H2,23,24,25,26,27)/t15-/m0/s1. The van der Waals surface area contributed by atoms with E-state index in [2.05, 4.69) is 31.1 Å². The van der Waals surface area contributed by atoms with Crippen molar-refractivity contribution in [3.63, 3.8) is 0 Å². The van der Waals surface area contributed by atoms with Crippen molar-refractivity contribution in [2.24, 2.45) is 5.92 Å². The third-order valence-electron chi connectivity index (χ3n) is 5.49. The molecule has 4 rings (SSSR count). The molecule has 0 saturated heterocycles. The number of nitrogens with one attached hydrogen (secondary N) is 4. The number of hydrogen-bond donors (Lipinski definition) is 4. The molecule has 0 bridgehead atoms. The Bertz CT molecular complexity index is 918. The molecule has 9 heteroatoms. The van der Waals surface area contributed by atoms with E-state index in [9.17, 15) is 14.4 Å². The molecule has 4 N–H and O–H groups in total. The zero-order chi connectivity index (χ0) is 20.2. The second kappa shape index (κ2) is 8.42. The average Bonchev–Trinajstić information content (AvgIpc) is 3.35. The first kappa shape index (κ1) is 19.1. The van der Waals surface area contributed by atoms with Crippen LogP contribution in [0.2, 0.25) is 0 Å². The predicted molar refractivity (Wildman–Crippen MR) is 106 cm³/mol. The Balaban J connectivity index is 1.31. The molecule has 9 nitrogen and oxygen atoms in total. The number of benzene rings is 1. The first-order valence-electron chi connectivity index (χ1n) is 10.0. The molecular formula is C20H24N6O3. The van der Waals surface area contributed by atoms with Crippen LogP contribution in [0, 0.1) is 5.92 Å². The maximum atomic E-state index is 12.4. The Morgan fingerprint density at radius 3 is 2.79 bits per heavy atom. The van der Waals surface area contributed by atoms with Crippen molar-refractivity contribution in [2.75, 3.05) is 10.6 Å². The number of carbonyl (C=O) groups excluding carboxylic acids is 3. The number of H-pyrrole nitrogens is 1. The van der Waals surface area contributed by atoms with Crippen LogP contribution in [0.15, 0.2) is 24.3 Å². The number of rotatable bonds is 6. The third-order valence-corrected chi connectivity index (χ3v) is 5.49. The van der Waals surface area contributed by atoms with Crippen LogP contribution < -0.4 is 16.0 Å². The Hall–Kier alpha value is -3.23. The van der Waals surface area contributed by atoms with E-state index < -0.39 is 23.8 Å². The summed E-state index contributed by atoms with van der Waals surface area (Å²) in [4.78, 5) is 41.4. The van der Waals surface area contributed by atoms with Crippen LogP contribution >= 0.6 is 0 Å². The molecule has 1 aromatic carbocycles. The van der Waals surface area contributed by atoms with E-state index in [0.717, 1.165) is 24.6 Å². The molecule has 2 heterocycles. The number of fused-ring (bicyclic) bond motifs is 1. The molecule has 1 fully saturated rings. The quantitative estimate of drug-likeness (QED) is 0.594. The summed E-state index contributed by atoms with van der Waals surface area (Å²) < 4.78 is 0. The van der Waals surface area contributed by atoms with Gasteiger partial charge in [-0.15, -0.1) is 5.10 Å². The van der Waals surface area contributed by atoms with Gasteiger partial charge in [0.1, 0.15) is 11.9 Å². The first-order chi connectivity index (χ1) is 14.1. The van der Waals surface area contributed by atoms with Gasteiger partial charge in [-0.1, -0.05) is 37.8 Å². The topological polar surface area (TPSA) is 129 Å². The lowest BCUT2D eigenvalue weighted by Crippen LogP contribution is -2.43. The lowest BCUT2D eigenvalue weighted by atomic mass is 10.0. The molecule has 1 saturated carbocycles. The van der Waals surface area contributed by atoms with E-state index in [4.69, 9.17) is 0 Å². The van der Waals surface area contributed by atoms with Crippen LogP contribution in [0.1, 0.15) is 54.7 Å². The third kappa shape index (κ3) is 4.61. The number of anilines is 2. The summed E-state index contributed by atoms with van der Waals surface area (Å²) in [6.45, 7) is 0. The number of para-hydroxylation sites is 1. The zero-order valence-electron chi connectivity index (χ0n) is 16.0. The lowest BCUT2D eigenvalue weighted by molar-refractivity contribution is -0.122. The molecule has 152 valence electrons. The molecule has 2 aromatic rings. The Morgan fingerprint density at radius 2 is 1.97 bits per heavy atom. The fourth-order valence-electron chi connectivity index (χ4n) is 3.92. The maximum absolute atomic E-state index is 12.4. The molecule has 1 aliphatic heterocycles. The highest BCUT2D eigenvalue weighted by Crippen LogP contribution is 2.28. The number of hydrogen-bond acceptors (Lipinski definition) is 5. The minimum absolute atomic E-state index is 0.181. The molecule has 1 atom stereocenters. The van der Waals surface area contributed by atoms with E-state index in [0.29, 0.717) is 11.3 Å². The molecule has 3 amide bonds. The predicted octanol–water partition coefficient (Wildman–Crippen LogP) is 2.01. The summed E-state index contributed by atoms with van der Waals surface area (Å²) in [5.74, 6) is 0.384. The normalized spacial score (nSPS) is 19.2. The summed E-state index contributed by atoms with van der Waals surface area (Å²) in [6.07, 6.45) is 6.81. The highest BCUT2D eigenvalue weighted by atomic mass is 16.2. The summed E-state index contributed by atoms with van der Waals surface area (Å²) in [5.41, 5.74) is 0.795. The van der Waals surface area contributed by atoms with Crippen LogP contribution in [-0.2, 0) is 16.0 Å². The highest BCUT2D eigenvalue weighted by molar-refractivity contribution is 6.11. The smallest absolute Gasteiger partial charge is 0.254 e. The van der Waals surface area contributed by atoms with Gasteiger partial charge in [0, 0.05) is 6.42 Å². The van der Waals surface area contributed by atoms with Gasteiger partial charge in [0.2, 0.25) is 17.8 Å². The summed E-state index contributed by atoms with van der Waals surface area (Å²) in [5, 5.41) is 14.7. The van der Waals surface area contributed by atoms with Crippen LogP contribution in [0.25, 0.3) is 0 Å². The van der Waals surface area contributed by atoms with Crippen LogP contribution in [0.5, 0.6) is 0 Å². The molecule has 0 unspecified atom stereocenters. The maximum Gasteiger partial charge on any atom is 0.254 e. The van der Waals surface area contributed by atoms with E-state index in [-0.39, 0.29) is 12.4 Å². The van der Waals surface area contributed by atoms with Gasteiger partial charge in [-0.2, -0.15) is 4.98 Å². The van der Waals surface area contributed by atoms with Crippen LogP contribution in [-0.4, -0.2) is 38.9 Å². The van der Waals surface area contributed by atoms with Crippen molar-refractivity contribution < 1.29 is 14.4 Å². The van der Waals surface area contributed by atoms with E-state index in [1.807, 2.05) is 0 Å². The number of nitrogens with zero attached hydrogens (tertiary/aromatic N) is 2. The molecule has 0 radical (unpaired) electrons. The fourth-order valence-corrected chi connectivity index (χ4v) is 3.92. The van der Waals surface area contributed by atoms with E-state index in [1.165, 1.54) is 25.7 Å². The minimum atomic E-state index is -0.976. The molecule has 1 aromatic heterocycles. The molecule has 29 heavy (non-hydrogen) atoms. The molecule has 2 aliphatic rings. The van der Waals surface area contributed by atoms with Gasteiger partial charge >= 0.3 is 0 Å². The fraction of sp³-hybridized carbons (Fsp3) is 0.450. The van der Waals surface area contributed by atoms with Gasteiger partial charge in [-0.3, -0.25) is 24.8 Å². The Kier molecular flexibility index (Phi) is 5.55. The number of amides is 3. The average molecular weight is 396 g/mol.